The van der Waals surface area contributed by atoms with Gasteiger partial charge < -0.3 is 20.1 Å². The molecular formula is C19H34ClNO5S. The summed E-state index contributed by atoms with van der Waals surface area (Å²) < 4.78 is 5.86. The fourth-order valence-corrected chi connectivity index (χ4v) is 5.34. The van der Waals surface area contributed by atoms with Gasteiger partial charge in [-0.1, -0.05) is 13.3 Å². The number of thioether (sulfide) groups is 1. The van der Waals surface area contributed by atoms with Gasteiger partial charge in [-0.3, -0.25) is 9.69 Å². The van der Waals surface area contributed by atoms with Gasteiger partial charge >= 0.3 is 0 Å². The van der Waals surface area contributed by atoms with Crippen LogP contribution >= 0.6 is 23.4 Å². The Morgan fingerprint density at radius 2 is 1.96 bits per heavy atom. The number of halogens is 1. The van der Waals surface area contributed by atoms with Gasteiger partial charge in [0.05, 0.1) is 12.1 Å². The number of aliphatic hydroxyl groups is 3. The average Bonchev–Trinajstić information content (AvgIpc) is 2.99. The summed E-state index contributed by atoms with van der Waals surface area (Å²) in [7, 11) is 1.98. The van der Waals surface area contributed by atoms with Crippen molar-refractivity contribution in [2.45, 2.75) is 80.8 Å². The zero-order valence-corrected chi connectivity index (χ0v) is 18.2. The quantitative estimate of drug-likeness (QED) is 0.509. The maximum atomic E-state index is 13.0. The van der Waals surface area contributed by atoms with Gasteiger partial charge in [-0.2, -0.15) is 0 Å². The fourth-order valence-electron chi connectivity index (χ4n) is 4.43. The van der Waals surface area contributed by atoms with E-state index in [1.165, 1.54) is 11.8 Å². The largest absolute Gasteiger partial charge is 0.388 e. The summed E-state index contributed by atoms with van der Waals surface area (Å²) >= 11 is 7.64. The SMILES string of the molecule is CCC[C@@H]1C[C@@H](C(=O)CC(C(C)Cl)C2OC(SC)C(O)C(O)C2O)N(C)C1. The number of hydrogen-bond acceptors (Lipinski definition) is 7. The van der Waals surface area contributed by atoms with Crippen LogP contribution in [0.5, 0.6) is 0 Å². The highest BCUT2D eigenvalue weighted by molar-refractivity contribution is 7.99. The first-order valence-electron chi connectivity index (χ1n) is 9.80. The van der Waals surface area contributed by atoms with Crippen molar-refractivity contribution in [2.24, 2.45) is 11.8 Å². The second-order valence-corrected chi connectivity index (χ2v) is 9.66. The van der Waals surface area contributed by atoms with Crippen LogP contribution in [0.1, 0.15) is 39.5 Å². The second-order valence-electron chi connectivity index (χ2n) is 8.03. The monoisotopic (exact) mass is 423 g/mol. The topological polar surface area (TPSA) is 90.2 Å². The fraction of sp³-hybridized carbons (Fsp3) is 0.947. The van der Waals surface area contributed by atoms with Crippen LogP contribution in [-0.2, 0) is 9.53 Å². The van der Waals surface area contributed by atoms with Crippen molar-refractivity contribution in [3.05, 3.63) is 0 Å². The molecule has 0 amide bonds. The van der Waals surface area contributed by atoms with Crippen molar-refractivity contribution in [3.8, 4) is 0 Å². The Morgan fingerprint density at radius 1 is 1.30 bits per heavy atom. The van der Waals surface area contributed by atoms with Crippen molar-refractivity contribution in [1.29, 1.82) is 0 Å². The van der Waals surface area contributed by atoms with Crippen LogP contribution in [0, 0.1) is 11.8 Å². The van der Waals surface area contributed by atoms with E-state index < -0.39 is 41.1 Å². The minimum Gasteiger partial charge on any atom is -0.388 e. The molecule has 0 aromatic rings. The summed E-state index contributed by atoms with van der Waals surface area (Å²) in [5.41, 5.74) is -0.662. The lowest BCUT2D eigenvalue weighted by molar-refractivity contribution is -0.211. The van der Waals surface area contributed by atoms with Crippen LogP contribution in [-0.4, -0.2) is 87.1 Å². The van der Waals surface area contributed by atoms with Gasteiger partial charge in [-0.15, -0.1) is 23.4 Å². The predicted octanol–water partition coefficient (Wildman–Crippen LogP) is 1.48. The van der Waals surface area contributed by atoms with Crippen LogP contribution < -0.4 is 0 Å². The van der Waals surface area contributed by atoms with Crippen molar-refractivity contribution in [2.75, 3.05) is 19.8 Å². The lowest BCUT2D eigenvalue weighted by atomic mass is 9.83. The molecule has 7 unspecified atom stereocenters. The van der Waals surface area contributed by atoms with Crippen LogP contribution in [0.2, 0.25) is 0 Å². The maximum Gasteiger partial charge on any atom is 0.150 e. The standard InChI is InChI=1S/C19H34ClNO5S/c1-5-6-11-7-13(21(3)9-11)14(22)8-12(10(2)20)18-16(24)15(23)17(25)19(26-18)27-4/h10-13,15-19,23-25H,5-9H2,1-4H3/t10?,11-,12?,13+,15?,16?,17?,18?,19?/m1/s1. The molecule has 2 heterocycles. The molecule has 0 saturated carbocycles. The van der Waals surface area contributed by atoms with Crippen LogP contribution in [0.25, 0.3) is 0 Å². The van der Waals surface area contributed by atoms with E-state index in [1.54, 1.807) is 13.2 Å². The molecule has 0 spiro atoms. The van der Waals surface area contributed by atoms with E-state index in [-0.39, 0.29) is 18.2 Å². The molecule has 0 aliphatic carbocycles. The minimum atomic E-state index is -1.32. The molecule has 3 N–H and O–H groups in total. The molecule has 0 aromatic carbocycles. The number of nitrogens with zero attached hydrogens (tertiary/aromatic N) is 1. The first-order valence-corrected chi connectivity index (χ1v) is 11.5. The molecule has 0 radical (unpaired) electrons. The van der Waals surface area contributed by atoms with Crippen molar-refractivity contribution >= 4 is 29.1 Å². The number of aliphatic hydroxyl groups excluding tert-OH is 3. The minimum absolute atomic E-state index is 0.103. The van der Waals surface area contributed by atoms with Crippen LogP contribution in [0.3, 0.4) is 0 Å². The normalized spacial score (nSPS) is 40.1. The molecule has 0 aromatic heterocycles. The number of likely N-dealkylation sites (N-methyl/N-ethyl adjacent to an activating group) is 1. The van der Waals surface area contributed by atoms with Gasteiger partial charge in [-0.05, 0) is 39.0 Å². The number of ketones is 1. The van der Waals surface area contributed by atoms with Crippen molar-refractivity contribution in [3.63, 3.8) is 0 Å². The lowest BCUT2D eigenvalue weighted by Gasteiger charge is -2.44. The maximum absolute atomic E-state index is 13.0. The van der Waals surface area contributed by atoms with E-state index in [0.717, 1.165) is 25.8 Å². The number of Topliss-reactive ketones (excluding diaryl/α,β-unsaturated/α-hetero) is 1. The molecule has 27 heavy (non-hydrogen) atoms. The Kier molecular flexibility index (Phi) is 8.86. The molecule has 2 aliphatic rings. The predicted molar refractivity (Wildman–Crippen MR) is 108 cm³/mol. The summed E-state index contributed by atoms with van der Waals surface area (Å²) in [5, 5.41) is 30.3. The zero-order valence-electron chi connectivity index (χ0n) is 16.6. The molecule has 6 nitrogen and oxygen atoms in total. The van der Waals surface area contributed by atoms with Crippen LogP contribution in [0.15, 0.2) is 0 Å². The average molecular weight is 424 g/mol. The molecular weight excluding hydrogens is 390 g/mol. The van der Waals surface area contributed by atoms with E-state index >= 15 is 0 Å². The van der Waals surface area contributed by atoms with Crippen molar-refractivity contribution < 1.29 is 24.9 Å². The molecule has 0 bridgehead atoms. The third kappa shape index (κ3) is 5.38. The molecule has 2 aliphatic heterocycles. The molecule has 8 heteroatoms. The molecule has 2 saturated heterocycles. The summed E-state index contributed by atoms with van der Waals surface area (Å²) in [6.45, 7) is 4.86. The Hall–Kier alpha value is 0.110. The summed E-state index contributed by atoms with van der Waals surface area (Å²) in [5.74, 6) is 0.200. The number of alkyl halides is 1. The van der Waals surface area contributed by atoms with E-state index in [0.29, 0.717) is 5.92 Å². The second kappa shape index (κ2) is 10.2. The number of carbonyl (C=O) groups is 1. The Morgan fingerprint density at radius 3 is 2.52 bits per heavy atom. The number of hydrogen-bond donors (Lipinski definition) is 3. The zero-order chi connectivity index (χ0) is 20.3. The first kappa shape index (κ1) is 23.4. The number of carbonyl (C=O) groups excluding carboxylic acids is 1. The van der Waals surface area contributed by atoms with E-state index in [9.17, 15) is 20.1 Å². The number of ether oxygens (including phenoxy) is 1. The van der Waals surface area contributed by atoms with Gasteiger partial charge in [0.15, 0.2) is 0 Å². The number of rotatable bonds is 8. The first-order chi connectivity index (χ1) is 12.7. The Balaban J connectivity index is 2.09. The van der Waals surface area contributed by atoms with Crippen LogP contribution in [0.4, 0.5) is 0 Å². The van der Waals surface area contributed by atoms with Gasteiger partial charge in [0.2, 0.25) is 0 Å². The highest BCUT2D eigenvalue weighted by atomic mass is 35.5. The third-order valence-corrected chi connectivity index (χ3v) is 7.17. The van der Waals surface area contributed by atoms with Crippen molar-refractivity contribution in [1.82, 2.24) is 4.90 Å². The van der Waals surface area contributed by atoms with Gasteiger partial charge in [0.1, 0.15) is 29.5 Å². The molecule has 2 rings (SSSR count). The van der Waals surface area contributed by atoms with E-state index in [1.807, 2.05) is 7.05 Å². The Labute approximate surface area is 171 Å². The smallest absolute Gasteiger partial charge is 0.150 e. The van der Waals surface area contributed by atoms with E-state index in [4.69, 9.17) is 16.3 Å². The third-order valence-electron chi connectivity index (χ3n) is 5.99. The number of likely N-dealkylation sites (tertiary alicyclic amines) is 1. The van der Waals surface area contributed by atoms with Gasteiger partial charge in [0, 0.05) is 24.3 Å². The summed E-state index contributed by atoms with van der Waals surface area (Å²) in [6, 6.07) is -0.132. The van der Waals surface area contributed by atoms with E-state index in [2.05, 4.69) is 11.8 Å². The highest BCUT2D eigenvalue weighted by Gasteiger charge is 2.48. The molecule has 158 valence electrons. The van der Waals surface area contributed by atoms with Gasteiger partial charge in [-0.25, -0.2) is 0 Å². The van der Waals surface area contributed by atoms with Gasteiger partial charge in [0.25, 0.3) is 0 Å². The summed E-state index contributed by atoms with van der Waals surface area (Å²) in [6.07, 6.45) is 0.459. The highest BCUT2D eigenvalue weighted by Crippen LogP contribution is 2.36. The Bertz CT molecular complexity index is 495. The molecule has 9 atom stereocenters. The summed E-state index contributed by atoms with van der Waals surface area (Å²) in [4.78, 5) is 15.1. The molecule has 2 fully saturated rings. The lowest BCUT2D eigenvalue weighted by Crippen LogP contribution is -2.59.